The fourth-order valence-electron chi connectivity index (χ4n) is 2.87. The first-order chi connectivity index (χ1) is 12.1. The molecule has 25 heavy (non-hydrogen) atoms. The van der Waals surface area contributed by atoms with Crippen molar-refractivity contribution < 1.29 is 19.1 Å². The summed E-state index contributed by atoms with van der Waals surface area (Å²) in [5.41, 5.74) is 0.731. The van der Waals surface area contributed by atoms with Gasteiger partial charge in [0.25, 0.3) is 11.8 Å². The van der Waals surface area contributed by atoms with E-state index >= 15 is 0 Å². The van der Waals surface area contributed by atoms with Crippen LogP contribution in [0.1, 0.15) is 28.7 Å². The molecular formula is C17H17N3O4S. The molecule has 2 N–H and O–H groups in total. The highest BCUT2D eigenvalue weighted by Crippen LogP contribution is 2.34. The Morgan fingerprint density at radius 2 is 2.08 bits per heavy atom. The van der Waals surface area contributed by atoms with Crippen LogP contribution < -0.4 is 20.1 Å². The van der Waals surface area contributed by atoms with E-state index in [9.17, 15) is 9.59 Å². The molecule has 8 heteroatoms. The molecule has 2 amide bonds. The summed E-state index contributed by atoms with van der Waals surface area (Å²) in [6, 6.07) is 7.24. The van der Waals surface area contributed by atoms with Crippen LogP contribution in [-0.4, -0.2) is 35.6 Å². The zero-order valence-corrected chi connectivity index (χ0v) is 14.4. The standard InChI is InChI=1S/C17H17N3O4S/c1-9-13(24-12-7-3-2-6-11(12)23-9)15(21)20-17-19-10-5-4-8-18-16(22)14(10)25-17/h2-3,6-7,9,13H,4-5,8H2,1H3,(H,18,22)(H,19,20,21)/t9-,13+/m0/s1. The number of carbonyl (C=O) groups is 2. The molecule has 1 aromatic heterocycles. The highest BCUT2D eigenvalue weighted by atomic mass is 32.1. The molecule has 0 saturated carbocycles. The molecule has 0 spiro atoms. The second-order valence-corrected chi connectivity index (χ2v) is 6.95. The number of hydrogen-bond acceptors (Lipinski definition) is 6. The number of nitrogens with zero attached hydrogens (tertiary/aromatic N) is 1. The van der Waals surface area contributed by atoms with Crippen molar-refractivity contribution in [3.63, 3.8) is 0 Å². The van der Waals surface area contributed by atoms with E-state index in [2.05, 4.69) is 15.6 Å². The lowest BCUT2D eigenvalue weighted by atomic mass is 10.1. The number of benzene rings is 1. The second-order valence-electron chi connectivity index (χ2n) is 5.95. The minimum absolute atomic E-state index is 0.134. The quantitative estimate of drug-likeness (QED) is 0.856. The predicted molar refractivity (Wildman–Crippen MR) is 92.3 cm³/mol. The molecule has 2 aromatic rings. The molecule has 3 heterocycles. The van der Waals surface area contributed by atoms with Gasteiger partial charge in [-0.25, -0.2) is 4.98 Å². The zero-order valence-electron chi connectivity index (χ0n) is 13.6. The van der Waals surface area contributed by atoms with Gasteiger partial charge in [-0.05, 0) is 31.9 Å². The van der Waals surface area contributed by atoms with E-state index in [-0.39, 0.29) is 11.8 Å². The average molecular weight is 359 g/mol. The third-order valence-electron chi connectivity index (χ3n) is 4.11. The van der Waals surface area contributed by atoms with Gasteiger partial charge in [0.15, 0.2) is 16.6 Å². The molecule has 0 fully saturated rings. The number of nitrogens with one attached hydrogen (secondary N) is 2. The normalized spacial score (nSPS) is 21.7. The van der Waals surface area contributed by atoms with E-state index in [0.717, 1.165) is 12.1 Å². The summed E-state index contributed by atoms with van der Waals surface area (Å²) in [7, 11) is 0. The van der Waals surface area contributed by atoms with Crippen LogP contribution in [0.25, 0.3) is 0 Å². The van der Waals surface area contributed by atoms with Crippen LogP contribution in [0.4, 0.5) is 5.13 Å². The van der Waals surface area contributed by atoms with Gasteiger partial charge in [0.2, 0.25) is 6.10 Å². The van der Waals surface area contributed by atoms with E-state index in [1.165, 1.54) is 11.3 Å². The van der Waals surface area contributed by atoms with Crippen LogP contribution in [-0.2, 0) is 11.2 Å². The summed E-state index contributed by atoms with van der Waals surface area (Å²) in [4.78, 5) is 29.6. The number of anilines is 1. The van der Waals surface area contributed by atoms with E-state index in [0.29, 0.717) is 34.5 Å². The number of carbonyl (C=O) groups excluding carboxylic acids is 2. The lowest BCUT2D eigenvalue weighted by molar-refractivity contribution is -0.128. The maximum Gasteiger partial charge on any atom is 0.271 e. The number of amides is 2. The van der Waals surface area contributed by atoms with Crippen LogP contribution in [0, 0.1) is 0 Å². The number of rotatable bonds is 2. The fraction of sp³-hybridized carbons (Fsp3) is 0.353. The van der Waals surface area contributed by atoms with E-state index in [4.69, 9.17) is 9.47 Å². The van der Waals surface area contributed by atoms with Crippen molar-refractivity contribution in [2.24, 2.45) is 0 Å². The van der Waals surface area contributed by atoms with Gasteiger partial charge in [0.05, 0.1) is 5.69 Å². The third kappa shape index (κ3) is 3.05. The summed E-state index contributed by atoms with van der Waals surface area (Å²) in [6.45, 7) is 2.43. The van der Waals surface area contributed by atoms with Crippen LogP contribution in [0.5, 0.6) is 11.5 Å². The van der Waals surface area contributed by atoms with Crippen LogP contribution in [0.2, 0.25) is 0 Å². The smallest absolute Gasteiger partial charge is 0.271 e. The molecular weight excluding hydrogens is 342 g/mol. The number of hydrogen-bond donors (Lipinski definition) is 2. The van der Waals surface area contributed by atoms with Crippen molar-refractivity contribution in [1.82, 2.24) is 10.3 Å². The first kappa shape index (κ1) is 15.9. The number of aryl methyl sites for hydroxylation is 1. The summed E-state index contributed by atoms with van der Waals surface area (Å²) in [5, 5.41) is 5.98. The fourth-order valence-corrected chi connectivity index (χ4v) is 3.80. The highest BCUT2D eigenvalue weighted by molar-refractivity contribution is 7.17. The van der Waals surface area contributed by atoms with Gasteiger partial charge in [-0.15, -0.1) is 0 Å². The number of ether oxygens (including phenoxy) is 2. The molecule has 0 unspecified atom stereocenters. The molecule has 0 radical (unpaired) electrons. The molecule has 0 saturated heterocycles. The lowest BCUT2D eigenvalue weighted by Gasteiger charge is -2.30. The Labute approximate surface area is 148 Å². The van der Waals surface area contributed by atoms with E-state index < -0.39 is 12.2 Å². The summed E-state index contributed by atoms with van der Waals surface area (Å²) >= 11 is 1.18. The van der Waals surface area contributed by atoms with Crippen molar-refractivity contribution in [2.45, 2.75) is 32.0 Å². The topological polar surface area (TPSA) is 89.6 Å². The zero-order chi connectivity index (χ0) is 17.4. The Hall–Kier alpha value is -2.61. The molecule has 2 aliphatic heterocycles. The lowest BCUT2D eigenvalue weighted by Crippen LogP contribution is -2.46. The molecule has 130 valence electrons. The molecule has 0 aliphatic carbocycles. The molecule has 1 aromatic carbocycles. The minimum Gasteiger partial charge on any atom is -0.482 e. The van der Waals surface area contributed by atoms with E-state index in [1.807, 2.05) is 12.1 Å². The first-order valence-electron chi connectivity index (χ1n) is 8.13. The number of thiazole rings is 1. The van der Waals surface area contributed by atoms with Crippen LogP contribution >= 0.6 is 11.3 Å². The predicted octanol–water partition coefficient (Wildman–Crippen LogP) is 1.99. The molecule has 2 aliphatic rings. The Morgan fingerprint density at radius 3 is 2.88 bits per heavy atom. The first-order valence-corrected chi connectivity index (χ1v) is 8.94. The maximum absolute atomic E-state index is 12.6. The van der Waals surface area contributed by atoms with Crippen molar-refractivity contribution >= 4 is 28.3 Å². The second kappa shape index (κ2) is 6.36. The molecule has 0 bridgehead atoms. The monoisotopic (exact) mass is 359 g/mol. The van der Waals surface area contributed by atoms with Gasteiger partial charge in [-0.3, -0.25) is 14.9 Å². The van der Waals surface area contributed by atoms with Gasteiger partial charge in [0, 0.05) is 6.54 Å². The summed E-state index contributed by atoms with van der Waals surface area (Å²) < 4.78 is 11.5. The average Bonchev–Trinajstić information content (AvgIpc) is 2.92. The van der Waals surface area contributed by atoms with Gasteiger partial charge in [-0.2, -0.15) is 0 Å². The van der Waals surface area contributed by atoms with Crippen LogP contribution in [0.3, 0.4) is 0 Å². The van der Waals surface area contributed by atoms with Crippen LogP contribution in [0.15, 0.2) is 24.3 Å². The third-order valence-corrected chi connectivity index (χ3v) is 5.12. The molecule has 7 nitrogen and oxygen atoms in total. The van der Waals surface area contributed by atoms with Gasteiger partial charge in [-0.1, -0.05) is 23.5 Å². The van der Waals surface area contributed by atoms with Crippen molar-refractivity contribution in [3.05, 3.63) is 34.8 Å². The van der Waals surface area contributed by atoms with Gasteiger partial charge in [0.1, 0.15) is 11.0 Å². The number of para-hydroxylation sites is 2. The van der Waals surface area contributed by atoms with Crippen molar-refractivity contribution in [2.75, 3.05) is 11.9 Å². The molecule has 4 rings (SSSR count). The number of fused-ring (bicyclic) bond motifs is 2. The Kier molecular flexibility index (Phi) is 4.04. The highest BCUT2D eigenvalue weighted by Gasteiger charge is 2.34. The van der Waals surface area contributed by atoms with Crippen molar-refractivity contribution in [3.8, 4) is 11.5 Å². The maximum atomic E-state index is 12.6. The van der Waals surface area contributed by atoms with Gasteiger partial charge < -0.3 is 14.8 Å². The molecule has 2 atom stereocenters. The SMILES string of the molecule is C[C@@H]1Oc2ccccc2O[C@H]1C(=O)Nc1nc2c(s1)C(=O)NCCC2. The van der Waals surface area contributed by atoms with Crippen molar-refractivity contribution in [1.29, 1.82) is 0 Å². The summed E-state index contributed by atoms with van der Waals surface area (Å²) in [6.07, 6.45) is 0.333. The Morgan fingerprint density at radius 1 is 1.32 bits per heavy atom. The summed E-state index contributed by atoms with van der Waals surface area (Å²) in [5.74, 6) is 0.683. The minimum atomic E-state index is -0.785. The Bertz CT molecular complexity index is 835. The van der Waals surface area contributed by atoms with Gasteiger partial charge >= 0.3 is 0 Å². The Balaban J connectivity index is 1.51. The van der Waals surface area contributed by atoms with E-state index in [1.54, 1.807) is 19.1 Å². The number of aromatic nitrogens is 1. The largest absolute Gasteiger partial charge is 0.482 e.